The minimum atomic E-state index is -0.333. The summed E-state index contributed by atoms with van der Waals surface area (Å²) in [7, 11) is 2.00. The second-order valence-corrected chi connectivity index (χ2v) is 0.755. The Morgan fingerprint density at radius 2 is 1.36 bits per heavy atom. The topological polar surface area (TPSA) is 140 Å². The molecule has 0 bridgehead atoms. The van der Waals surface area contributed by atoms with Crippen LogP contribution in [0.2, 0.25) is 0 Å². The summed E-state index contributed by atoms with van der Waals surface area (Å²) in [5, 5.41) is 28.7. The highest BCUT2D eigenvalue weighted by Crippen LogP contribution is 1.46. The van der Waals surface area contributed by atoms with E-state index in [0.717, 1.165) is 14.2 Å². The van der Waals surface area contributed by atoms with Gasteiger partial charge in [0.15, 0.2) is 5.96 Å². The van der Waals surface area contributed by atoms with Gasteiger partial charge >= 0.3 is 0 Å². The van der Waals surface area contributed by atoms with E-state index in [2.05, 4.69) is 24.1 Å². The summed E-state index contributed by atoms with van der Waals surface area (Å²) in [6.45, 7) is 0. The predicted octanol–water partition coefficient (Wildman–Crippen LogP) is -1.55. The number of nitrogens with one attached hydrogen (secondary N) is 1. The van der Waals surface area contributed by atoms with Crippen molar-refractivity contribution in [1.29, 1.82) is 10.7 Å². The third-order valence-electron chi connectivity index (χ3n) is 0. The molecule has 0 unspecified atom stereocenters. The van der Waals surface area contributed by atoms with Crippen molar-refractivity contribution >= 4 is 18.6 Å². The fourth-order valence-corrected chi connectivity index (χ4v) is 0. The van der Waals surface area contributed by atoms with Gasteiger partial charge in [0, 0.05) is 14.2 Å². The number of nitriles is 1. The largest absolute Gasteiger partial charge is 0.400 e. The quantitative estimate of drug-likeness (QED) is 0.116. The van der Waals surface area contributed by atoms with Crippen LogP contribution in [-0.2, 0) is 0 Å². The van der Waals surface area contributed by atoms with Crippen molar-refractivity contribution < 1.29 is 10.2 Å². The molecule has 7 N–H and O–H groups in total. The van der Waals surface area contributed by atoms with Gasteiger partial charge in [-0.1, -0.05) is 12.6 Å². The maximum atomic E-state index is 7.18. The number of aliphatic hydroxyl groups excluding tert-OH is 2. The molecule has 6 nitrogen and oxygen atoms in total. The van der Waals surface area contributed by atoms with Gasteiger partial charge < -0.3 is 21.7 Å². The molecule has 0 saturated heterocycles. The van der Waals surface area contributed by atoms with Gasteiger partial charge in [0.25, 0.3) is 0 Å². The first kappa shape index (κ1) is 22.5. The molecule has 68 valence electrons. The van der Waals surface area contributed by atoms with Crippen LogP contribution in [0.25, 0.3) is 0 Å². The molecule has 0 saturated carbocycles. The molecular formula is C4H14N4O2S. The predicted molar refractivity (Wildman–Crippen MR) is 47.0 cm³/mol. The lowest BCUT2D eigenvalue weighted by molar-refractivity contribution is 0.399. The zero-order valence-corrected chi connectivity index (χ0v) is 7.34. The lowest BCUT2D eigenvalue weighted by Gasteiger charge is -1.69. The van der Waals surface area contributed by atoms with Crippen molar-refractivity contribution in [2.75, 3.05) is 14.2 Å². The van der Waals surface area contributed by atoms with E-state index in [4.69, 9.17) is 20.9 Å². The van der Waals surface area contributed by atoms with Crippen molar-refractivity contribution in [2.24, 2.45) is 11.5 Å². The highest BCUT2D eigenvalue weighted by molar-refractivity contribution is 7.85. The SMILES string of the molecule is CO.CO.N#CS.N=C(N)N. The maximum Gasteiger partial charge on any atom is 0.183 e. The van der Waals surface area contributed by atoms with Crippen molar-refractivity contribution in [1.82, 2.24) is 0 Å². The highest BCUT2D eigenvalue weighted by Gasteiger charge is 1.52. The minimum Gasteiger partial charge on any atom is -0.400 e. The summed E-state index contributed by atoms with van der Waals surface area (Å²) in [5.41, 5.74) is 8.94. The molecule has 0 aliphatic rings. The lowest BCUT2D eigenvalue weighted by Crippen LogP contribution is -2.20. The first-order valence-corrected chi connectivity index (χ1v) is 2.62. The van der Waals surface area contributed by atoms with Crippen LogP contribution in [0.1, 0.15) is 0 Å². The van der Waals surface area contributed by atoms with Gasteiger partial charge in [-0.3, -0.25) is 5.41 Å². The second kappa shape index (κ2) is 63.4. The standard InChI is InChI=1S/CH5N3.CHNS.2CH4O/c2-1(3)4;2-1-3;2*1-2/h(H5,2,3,4);3H;2*2H,1H3. The van der Waals surface area contributed by atoms with Crippen LogP contribution in [-0.4, -0.2) is 30.4 Å². The zero-order valence-electron chi connectivity index (χ0n) is 6.44. The fourth-order valence-electron chi connectivity index (χ4n) is 0. The van der Waals surface area contributed by atoms with Crippen LogP contribution in [0.15, 0.2) is 0 Å². The Hall–Kier alpha value is -0.970. The average molecular weight is 182 g/mol. The molecule has 0 aromatic rings. The first-order valence-electron chi connectivity index (χ1n) is 2.17. The van der Waals surface area contributed by atoms with Crippen LogP contribution in [0.5, 0.6) is 0 Å². The molecule has 7 heteroatoms. The van der Waals surface area contributed by atoms with E-state index in [9.17, 15) is 0 Å². The van der Waals surface area contributed by atoms with E-state index in [1.165, 1.54) is 5.40 Å². The number of nitrogens with zero attached hydrogens (tertiary/aromatic N) is 1. The van der Waals surface area contributed by atoms with Crippen molar-refractivity contribution in [2.45, 2.75) is 0 Å². The summed E-state index contributed by atoms with van der Waals surface area (Å²) >= 11 is 3.09. The van der Waals surface area contributed by atoms with Crippen LogP contribution >= 0.6 is 12.6 Å². The van der Waals surface area contributed by atoms with Gasteiger partial charge in [-0.25, -0.2) is 0 Å². The second-order valence-electron chi connectivity index (χ2n) is 0.555. The Kier molecular flexibility index (Phi) is 130. The van der Waals surface area contributed by atoms with Crippen molar-refractivity contribution in [3.05, 3.63) is 0 Å². The molecule has 0 atom stereocenters. The molecule has 11 heavy (non-hydrogen) atoms. The van der Waals surface area contributed by atoms with Gasteiger partial charge in [0.05, 0.1) is 0 Å². The maximum absolute atomic E-state index is 7.18. The van der Waals surface area contributed by atoms with E-state index < -0.39 is 0 Å². The van der Waals surface area contributed by atoms with Gasteiger partial charge in [-0.05, 0) is 0 Å². The van der Waals surface area contributed by atoms with E-state index >= 15 is 0 Å². The Morgan fingerprint density at radius 1 is 1.36 bits per heavy atom. The van der Waals surface area contributed by atoms with Crippen LogP contribution in [0.4, 0.5) is 0 Å². The molecule has 0 spiro atoms. The van der Waals surface area contributed by atoms with E-state index in [1.54, 1.807) is 0 Å². The summed E-state index contributed by atoms with van der Waals surface area (Å²) in [6.07, 6.45) is 0. The Bertz CT molecular complexity index is 88.6. The van der Waals surface area contributed by atoms with Gasteiger partial charge in [-0.2, -0.15) is 5.26 Å². The first-order chi connectivity index (χ1) is 5.15. The van der Waals surface area contributed by atoms with Gasteiger partial charge in [-0.15, -0.1) is 0 Å². The molecule has 0 aromatic carbocycles. The third-order valence-corrected chi connectivity index (χ3v) is 0. The molecule has 0 heterocycles. The van der Waals surface area contributed by atoms with Gasteiger partial charge in [0.1, 0.15) is 5.40 Å². The summed E-state index contributed by atoms with van der Waals surface area (Å²) < 4.78 is 0. The van der Waals surface area contributed by atoms with Gasteiger partial charge in [0.2, 0.25) is 0 Å². The highest BCUT2D eigenvalue weighted by atomic mass is 32.1. The lowest BCUT2D eigenvalue weighted by atomic mass is 11.1. The number of hydrogen-bond donors (Lipinski definition) is 6. The molecular weight excluding hydrogens is 168 g/mol. The molecule has 0 fully saturated rings. The number of hydrogen-bond acceptors (Lipinski definition) is 5. The monoisotopic (exact) mass is 182 g/mol. The number of thiol groups is 1. The zero-order chi connectivity index (χ0) is 10.3. The summed E-state index contributed by atoms with van der Waals surface area (Å²) in [5.74, 6) is -0.333. The molecule has 0 aliphatic carbocycles. The van der Waals surface area contributed by atoms with Crippen molar-refractivity contribution in [3.8, 4) is 5.40 Å². The van der Waals surface area contributed by atoms with E-state index in [-0.39, 0.29) is 5.96 Å². The fraction of sp³-hybridized carbons (Fsp3) is 0.500. The summed E-state index contributed by atoms with van der Waals surface area (Å²) in [4.78, 5) is 0. The smallest absolute Gasteiger partial charge is 0.183 e. The Morgan fingerprint density at radius 3 is 1.36 bits per heavy atom. The van der Waals surface area contributed by atoms with E-state index in [1.807, 2.05) is 0 Å². The summed E-state index contributed by atoms with van der Waals surface area (Å²) in [6, 6.07) is 0. The number of thiocyanates is 1. The average Bonchev–Trinajstić information content (AvgIpc) is 1.96. The molecule has 0 radical (unpaired) electrons. The normalized spacial score (nSPS) is 4.00. The Labute approximate surface area is 71.4 Å². The van der Waals surface area contributed by atoms with Crippen molar-refractivity contribution in [3.63, 3.8) is 0 Å². The molecule has 0 amide bonds. The Balaban J connectivity index is -0.0000000315. The van der Waals surface area contributed by atoms with Crippen LogP contribution in [0, 0.1) is 16.1 Å². The molecule has 0 aromatic heterocycles. The number of nitrogens with two attached hydrogens (primary N) is 2. The third kappa shape index (κ3) is 474. The molecule has 0 rings (SSSR count). The minimum absolute atomic E-state index is 0.333. The van der Waals surface area contributed by atoms with Crippen LogP contribution < -0.4 is 11.5 Å². The number of guanidine groups is 1. The van der Waals surface area contributed by atoms with Crippen LogP contribution in [0.3, 0.4) is 0 Å². The number of aliphatic hydroxyl groups is 2. The van der Waals surface area contributed by atoms with E-state index in [0.29, 0.717) is 0 Å². The molecule has 0 aliphatic heterocycles. The number of rotatable bonds is 0.